The Balaban J connectivity index is 2.50. The summed E-state index contributed by atoms with van der Waals surface area (Å²) in [6.07, 6.45) is 1.04. The number of hydrogen-bond donors (Lipinski definition) is 1. The maximum atomic E-state index is 13.6. The van der Waals surface area contributed by atoms with Gasteiger partial charge < -0.3 is 10.1 Å². The normalized spacial score (nSPS) is 20.1. The van der Waals surface area contributed by atoms with Crippen LogP contribution in [0.1, 0.15) is 23.5 Å². The molecule has 1 heterocycles. The highest BCUT2D eigenvalue weighted by molar-refractivity contribution is 6.31. The van der Waals surface area contributed by atoms with Gasteiger partial charge in [-0.15, -0.1) is 0 Å². The number of rotatable bonds is 2. The molecular formula is C12H15ClFNO. The van der Waals surface area contributed by atoms with Crippen LogP contribution in [0.4, 0.5) is 4.39 Å². The van der Waals surface area contributed by atoms with Gasteiger partial charge in [-0.3, -0.25) is 0 Å². The number of halogens is 2. The van der Waals surface area contributed by atoms with Crippen LogP contribution in [0.3, 0.4) is 0 Å². The molecule has 1 aromatic rings. The van der Waals surface area contributed by atoms with Crippen molar-refractivity contribution in [2.75, 3.05) is 20.2 Å². The molecule has 1 saturated heterocycles. The van der Waals surface area contributed by atoms with E-state index in [9.17, 15) is 4.39 Å². The van der Waals surface area contributed by atoms with Gasteiger partial charge in [0.05, 0.1) is 12.1 Å². The van der Waals surface area contributed by atoms with Crippen LogP contribution in [0.15, 0.2) is 6.07 Å². The van der Waals surface area contributed by atoms with Gasteiger partial charge in [0.1, 0.15) is 11.6 Å². The van der Waals surface area contributed by atoms with Gasteiger partial charge in [0.2, 0.25) is 0 Å². The van der Waals surface area contributed by atoms with Crippen molar-refractivity contribution in [1.29, 1.82) is 0 Å². The van der Waals surface area contributed by atoms with Gasteiger partial charge in [-0.1, -0.05) is 11.6 Å². The summed E-state index contributed by atoms with van der Waals surface area (Å²) in [4.78, 5) is 0. The van der Waals surface area contributed by atoms with Crippen LogP contribution in [0, 0.1) is 12.7 Å². The highest BCUT2D eigenvalue weighted by Crippen LogP contribution is 2.37. The van der Waals surface area contributed by atoms with Crippen molar-refractivity contribution in [1.82, 2.24) is 5.32 Å². The molecule has 2 rings (SSSR count). The van der Waals surface area contributed by atoms with E-state index in [0.29, 0.717) is 17.2 Å². The van der Waals surface area contributed by atoms with E-state index in [2.05, 4.69) is 5.32 Å². The third-order valence-corrected chi connectivity index (χ3v) is 3.40. The molecule has 4 heteroatoms. The average Bonchev–Trinajstić information content (AvgIpc) is 2.79. The van der Waals surface area contributed by atoms with E-state index in [-0.39, 0.29) is 10.8 Å². The number of nitrogens with one attached hydrogen (secondary N) is 1. The first-order valence-electron chi connectivity index (χ1n) is 5.38. The summed E-state index contributed by atoms with van der Waals surface area (Å²) in [7, 11) is 1.57. The van der Waals surface area contributed by atoms with Crippen molar-refractivity contribution in [3.63, 3.8) is 0 Å². The van der Waals surface area contributed by atoms with Crippen molar-refractivity contribution >= 4 is 11.6 Å². The standard InChI is InChI=1S/C12H15ClFNO/c1-7-11(14)10(13)5-9(12(7)16-2)8-3-4-15-6-8/h5,8,15H,3-4,6H2,1-2H3. The minimum Gasteiger partial charge on any atom is -0.496 e. The van der Waals surface area contributed by atoms with E-state index >= 15 is 0 Å². The molecule has 0 amide bonds. The number of ether oxygens (including phenoxy) is 1. The molecule has 1 aromatic carbocycles. The van der Waals surface area contributed by atoms with E-state index in [0.717, 1.165) is 25.1 Å². The van der Waals surface area contributed by atoms with Gasteiger partial charge in [-0.25, -0.2) is 4.39 Å². The molecule has 1 fully saturated rings. The molecule has 1 atom stereocenters. The Morgan fingerprint density at radius 1 is 1.56 bits per heavy atom. The Bertz CT molecular complexity index is 402. The fraction of sp³-hybridized carbons (Fsp3) is 0.500. The summed E-state index contributed by atoms with van der Waals surface area (Å²) in [5.41, 5.74) is 1.51. The monoisotopic (exact) mass is 243 g/mol. The van der Waals surface area contributed by atoms with Crippen molar-refractivity contribution in [3.05, 3.63) is 28.0 Å². The minimum atomic E-state index is -0.381. The Labute approximate surface area is 99.7 Å². The van der Waals surface area contributed by atoms with Gasteiger partial charge in [0, 0.05) is 23.6 Å². The van der Waals surface area contributed by atoms with E-state index in [4.69, 9.17) is 16.3 Å². The zero-order valence-electron chi connectivity index (χ0n) is 9.44. The van der Waals surface area contributed by atoms with Crippen LogP contribution in [0.5, 0.6) is 5.75 Å². The second-order valence-corrected chi connectivity index (χ2v) is 4.52. The van der Waals surface area contributed by atoms with E-state index < -0.39 is 0 Å². The summed E-state index contributed by atoms with van der Waals surface area (Å²) >= 11 is 5.88. The highest BCUT2D eigenvalue weighted by atomic mass is 35.5. The maximum absolute atomic E-state index is 13.6. The molecule has 1 N–H and O–H groups in total. The van der Waals surface area contributed by atoms with Gasteiger partial charge in [0.25, 0.3) is 0 Å². The Kier molecular flexibility index (Phi) is 3.36. The quantitative estimate of drug-likeness (QED) is 0.863. The topological polar surface area (TPSA) is 21.3 Å². The van der Waals surface area contributed by atoms with Crippen molar-refractivity contribution < 1.29 is 9.13 Å². The molecule has 0 saturated carbocycles. The lowest BCUT2D eigenvalue weighted by Gasteiger charge is -2.17. The molecule has 1 aliphatic heterocycles. The van der Waals surface area contributed by atoms with Crippen LogP contribution in [0.25, 0.3) is 0 Å². The van der Waals surface area contributed by atoms with Gasteiger partial charge in [-0.05, 0) is 26.0 Å². The smallest absolute Gasteiger partial charge is 0.148 e. The van der Waals surface area contributed by atoms with E-state index in [1.165, 1.54) is 0 Å². The first kappa shape index (κ1) is 11.7. The third kappa shape index (κ3) is 1.89. The van der Waals surface area contributed by atoms with Crippen molar-refractivity contribution in [2.45, 2.75) is 19.3 Å². The van der Waals surface area contributed by atoms with Crippen LogP contribution in [0.2, 0.25) is 5.02 Å². The first-order valence-corrected chi connectivity index (χ1v) is 5.76. The summed E-state index contributed by atoms with van der Waals surface area (Å²) in [5.74, 6) is 0.621. The highest BCUT2D eigenvalue weighted by Gasteiger charge is 2.24. The molecule has 0 spiro atoms. The minimum absolute atomic E-state index is 0.181. The van der Waals surface area contributed by atoms with Crippen LogP contribution >= 0.6 is 11.6 Å². The van der Waals surface area contributed by atoms with Crippen LogP contribution in [-0.2, 0) is 0 Å². The van der Waals surface area contributed by atoms with Crippen molar-refractivity contribution in [2.24, 2.45) is 0 Å². The maximum Gasteiger partial charge on any atom is 0.148 e. The molecule has 16 heavy (non-hydrogen) atoms. The summed E-state index contributed by atoms with van der Waals surface area (Å²) in [6, 6.07) is 1.69. The molecule has 1 unspecified atom stereocenters. The molecule has 0 aliphatic carbocycles. The number of methoxy groups -OCH3 is 1. The fourth-order valence-corrected chi connectivity index (χ4v) is 2.51. The summed E-state index contributed by atoms with van der Waals surface area (Å²) < 4.78 is 18.9. The molecule has 2 nitrogen and oxygen atoms in total. The third-order valence-electron chi connectivity index (χ3n) is 3.13. The van der Waals surface area contributed by atoms with Gasteiger partial charge in [0.15, 0.2) is 0 Å². The fourth-order valence-electron chi connectivity index (χ4n) is 2.26. The summed E-state index contributed by atoms with van der Waals surface area (Å²) in [5, 5.41) is 3.46. The number of benzene rings is 1. The zero-order chi connectivity index (χ0) is 11.7. The lowest BCUT2D eigenvalue weighted by atomic mass is 9.95. The van der Waals surface area contributed by atoms with Crippen LogP contribution < -0.4 is 10.1 Å². The average molecular weight is 244 g/mol. The molecular weight excluding hydrogens is 229 g/mol. The Morgan fingerprint density at radius 2 is 2.31 bits per heavy atom. The second kappa shape index (κ2) is 4.60. The lowest BCUT2D eigenvalue weighted by molar-refractivity contribution is 0.398. The first-order chi connectivity index (χ1) is 7.65. The number of hydrogen-bond acceptors (Lipinski definition) is 2. The predicted molar refractivity (Wildman–Crippen MR) is 62.9 cm³/mol. The van der Waals surface area contributed by atoms with Crippen LogP contribution in [-0.4, -0.2) is 20.2 Å². The van der Waals surface area contributed by atoms with Gasteiger partial charge >= 0.3 is 0 Å². The van der Waals surface area contributed by atoms with E-state index in [1.807, 2.05) is 0 Å². The molecule has 1 aliphatic rings. The van der Waals surface area contributed by atoms with E-state index in [1.54, 1.807) is 20.1 Å². The molecule has 88 valence electrons. The zero-order valence-corrected chi connectivity index (χ0v) is 10.2. The Hall–Kier alpha value is -0.800. The largest absolute Gasteiger partial charge is 0.496 e. The molecule has 0 aromatic heterocycles. The second-order valence-electron chi connectivity index (χ2n) is 4.11. The molecule has 0 radical (unpaired) electrons. The lowest BCUT2D eigenvalue weighted by Crippen LogP contribution is -2.09. The summed E-state index contributed by atoms with van der Waals surface area (Å²) in [6.45, 7) is 3.59. The SMILES string of the molecule is COc1c(C2CCNC2)cc(Cl)c(F)c1C. The van der Waals surface area contributed by atoms with Crippen molar-refractivity contribution in [3.8, 4) is 5.75 Å². The van der Waals surface area contributed by atoms with Gasteiger partial charge in [-0.2, -0.15) is 0 Å². The Morgan fingerprint density at radius 3 is 2.88 bits per heavy atom. The predicted octanol–water partition coefficient (Wildman–Crippen LogP) is 2.87. The molecule has 0 bridgehead atoms.